The van der Waals surface area contributed by atoms with Crippen LogP contribution in [-0.4, -0.2) is 117 Å². The van der Waals surface area contributed by atoms with Gasteiger partial charge in [-0.1, -0.05) is 0 Å². The maximum atomic E-state index is 10.7. The lowest BCUT2D eigenvalue weighted by atomic mass is 10.3. The van der Waals surface area contributed by atoms with E-state index in [0.29, 0.717) is 99.0 Å². The Labute approximate surface area is 180 Å². The fourth-order valence-corrected chi connectivity index (χ4v) is 2.08. The number of hydrogen-bond donors (Lipinski definition) is 2. The number of aliphatic hydroxyl groups excluding tert-OH is 1. The van der Waals surface area contributed by atoms with Gasteiger partial charge in [-0.25, -0.2) is 0 Å². The Balaban J connectivity index is 2.99. The number of amides is 1. The van der Waals surface area contributed by atoms with E-state index >= 15 is 0 Å². The molecule has 0 unspecified atom stereocenters. The van der Waals surface area contributed by atoms with Crippen molar-refractivity contribution < 1.29 is 43.1 Å². The lowest BCUT2D eigenvalue weighted by Gasteiger charge is -2.08. The molecule has 0 aromatic heterocycles. The van der Waals surface area contributed by atoms with E-state index in [1.807, 2.05) is 0 Å². The van der Waals surface area contributed by atoms with Gasteiger partial charge >= 0.3 is 0 Å². The Morgan fingerprint density at radius 2 is 0.900 bits per heavy atom. The molecule has 10 nitrogen and oxygen atoms in total. The van der Waals surface area contributed by atoms with Crippen LogP contribution in [0.25, 0.3) is 0 Å². The molecule has 0 atom stereocenters. The van der Waals surface area contributed by atoms with Gasteiger partial charge < -0.3 is 43.6 Å². The summed E-state index contributed by atoms with van der Waals surface area (Å²) >= 11 is 0. The Morgan fingerprint density at radius 3 is 1.23 bits per heavy atom. The van der Waals surface area contributed by atoms with Crippen molar-refractivity contribution in [3.63, 3.8) is 0 Å². The van der Waals surface area contributed by atoms with Crippen molar-refractivity contribution in [2.75, 3.05) is 106 Å². The molecule has 0 rings (SSSR count). The van der Waals surface area contributed by atoms with Crippen molar-refractivity contribution in [3.8, 4) is 0 Å². The standard InChI is InChI=1S/C20H41NO9/c1-20(23)21-4-2-3-6-24-8-10-26-12-14-28-16-18-30-19-17-29-15-13-27-11-9-25-7-5-22/h22H,2-19H2,1H3,(H,21,23). The summed E-state index contributed by atoms with van der Waals surface area (Å²) in [7, 11) is 0. The normalized spacial score (nSPS) is 11.1. The monoisotopic (exact) mass is 439 g/mol. The fourth-order valence-electron chi connectivity index (χ4n) is 2.08. The van der Waals surface area contributed by atoms with Crippen molar-refractivity contribution >= 4 is 5.91 Å². The van der Waals surface area contributed by atoms with Crippen LogP contribution in [0.2, 0.25) is 0 Å². The first-order chi connectivity index (χ1) is 14.8. The van der Waals surface area contributed by atoms with Gasteiger partial charge in [-0.3, -0.25) is 4.79 Å². The second-order valence-corrected chi connectivity index (χ2v) is 6.20. The van der Waals surface area contributed by atoms with Crippen LogP contribution in [0.5, 0.6) is 0 Å². The first-order valence-electron chi connectivity index (χ1n) is 10.7. The highest BCUT2D eigenvalue weighted by Gasteiger charge is 1.95. The van der Waals surface area contributed by atoms with Gasteiger partial charge in [0.15, 0.2) is 0 Å². The maximum Gasteiger partial charge on any atom is 0.216 e. The third-order valence-corrected chi connectivity index (χ3v) is 3.56. The first-order valence-corrected chi connectivity index (χ1v) is 10.7. The zero-order valence-electron chi connectivity index (χ0n) is 18.4. The SMILES string of the molecule is CC(=O)NCCCCOCCOCCOCCOCCOCCOCCOCCO. The van der Waals surface area contributed by atoms with E-state index in [9.17, 15) is 4.79 Å². The van der Waals surface area contributed by atoms with Crippen LogP contribution in [0.4, 0.5) is 0 Å². The molecule has 30 heavy (non-hydrogen) atoms. The Morgan fingerprint density at radius 1 is 0.567 bits per heavy atom. The van der Waals surface area contributed by atoms with Crippen LogP contribution in [0.1, 0.15) is 19.8 Å². The van der Waals surface area contributed by atoms with Gasteiger partial charge in [0.1, 0.15) is 0 Å². The lowest BCUT2D eigenvalue weighted by Crippen LogP contribution is -2.21. The molecule has 0 aliphatic carbocycles. The van der Waals surface area contributed by atoms with Crippen molar-refractivity contribution in [1.29, 1.82) is 0 Å². The van der Waals surface area contributed by atoms with E-state index < -0.39 is 0 Å². The number of hydrogen-bond acceptors (Lipinski definition) is 9. The average molecular weight is 440 g/mol. The summed E-state index contributed by atoms with van der Waals surface area (Å²) < 4.78 is 37.4. The molecule has 0 fully saturated rings. The molecule has 0 radical (unpaired) electrons. The second kappa shape index (κ2) is 26.2. The Bertz CT molecular complexity index is 348. The van der Waals surface area contributed by atoms with Gasteiger partial charge in [-0.05, 0) is 12.8 Å². The fraction of sp³-hybridized carbons (Fsp3) is 0.950. The van der Waals surface area contributed by atoms with Gasteiger partial charge in [0.2, 0.25) is 5.91 Å². The predicted octanol–water partition coefficient (Wildman–Crippen LogP) is 0.0112. The largest absolute Gasteiger partial charge is 0.394 e. The second-order valence-electron chi connectivity index (χ2n) is 6.20. The average Bonchev–Trinajstić information content (AvgIpc) is 2.73. The number of unbranched alkanes of at least 4 members (excludes halogenated alkanes) is 1. The minimum absolute atomic E-state index is 0.00257. The van der Waals surface area contributed by atoms with E-state index in [4.69, 9.17) is 38.3 Å². The molecule has 10 heteroatoms. The molecule has 180 valence electrons. The number of nitrogens with one attached hydrogen (secondary N) is 1. The third-order valence-electron chi connectivity index (χ3n) is 3.56. The summed E-state index contributed by atoms with van der Waals surface area (Å²) in [5, 5.41) is 11.3. The van der Waals surface area contributed by atoms with Crippen LogP contribution in [0.15, 0.2) is 0 Å². The van der Waals surface area contributed by atoms with Crippen LogP contribution >= 0.6 is 0 Å². The van der Waals surface area contributed by atoms with Gasteiger partial charge in [0, 0.05) is 20.1 Å². The minimum Gasteiger partial charge on any atom is -0.394 e. The molecule has 0 heterocycles. The summed E-state index contributed by atoms with van der Waals surface area (Å²) in [6.07, 6.45) is 1.84. The number of rotatable bonds is 25. The Hall–Kier alpha value is -0.850. The lowest BCUT2D eigenvalue weighted by molar-refractivity contribution is -0.118. The Kier molecular flexibility index (Phi) is 25.4. The molecule has 0 saturated carbocycles. The van der Waals surface area contributed by atoms with Gasteiger partial charge in [0.25, 0.3) is 0 Å². The van der Waals surface area contributed by atoms with Gasteiger partial charge in [-0.15, -0.1) is 0 Å². The highest BCUT2D eigenvalue weighted by atomic mass is 16.6. The molecule has 1 amide bonds. The van der Waals surface area contributed by atoms with E-state index in [0.717, 1.165) is 12.8 Å². The zero-order valence-corrected chi connectivity index (χ0v) is 18.4. The van der Waals surface area contributed by atoms with Crippen LogP contribution < -0.4 is 5.32 Å². The van der Waals surface area contributed by atoms with E-state index in [-0.39, 0.29) is 12.5 Å². The van der Waals surface area contributed by atoms with Crippen LogP contribution in [0.3, 0.4) is 0 Å². The van der Waals surface area contributed by atoms with Crippen molar-refractivity contribution in [3.05, 3.63) is 0 Å². The zero-order chi connectivity index (χ0) is 22.0. The summed E-state index contributed by atoms with van der Waals surface area (Å²) in [5.41, 5.74) is 0. The van der Waals surface area contributed by atoms with Crippen molar-refractivity contribution in [1.82, 2.24) is 5.32 Å². The summed E-state index contributed by atoms with van der Waals surface area (Å²) in [6, 6.07) is 0. The summed E-state index contributed by atoms with van der Waals surface area (Å²) in [4.78, 5) is 10.7. The van der Waals surface area contributed by atoms with Crippen molar-refractivity contribution in [2.45, 2.75) is 19.8 Å². The number of aliphatic hydroxyl groups is 1. The summed E-state index contributed by atoms with van der Waals surface area (Å²) in [5.74, 6) is 0.00257. The molecule has 0 aliphatic rings. The molecular weight excluding hydrogens is 398 g/mol. The number of ether oxygens (including phenoxy) is 7. The van der Waals surface area contributed by atoms with E-state index in [1.165, 1.54) is 6.92 Å². The molecule has 0 bridgehead atoms. The molecule has 0 spiro atoms. The maximum absolute atomic E-state index is 10.7. The smallest absolute Gasteiger partial charge is 0.216 e. The third kappa shape index (κ3) is 27.1. The molecule has 0 aromatic rings. The molecular formula is C20H41NO9. The van der Waals surface area contributed by atoms with Crippen LogP contribution in [-0.2, 0) is 38.0 Å². The van der Waals surface area contributed by atoms with Crippen molar-refractivity contribution in [2.24, 2.45) is 0 Å². The molecule has 2 N–H and O–H groups in total. The van der Waals surface area contributed by atoms with Crippen LogP contribution in [0, 0.1) is 0 Å². The minimum atomic E-state index is 0.00257. The topological polar surface area (TPSA) is 114 Å². The molecule has 0 aliphatic heterocycles. The highest BCUT2D eigenvalue weighted by Crippen LogP contribution is 1.89. The van der Waals surface area contributed by atoms with Gasteiger partial charge in [0.05, 0.1) is 92.5 Å². The predicted molar refractivity (Wildman–Crippen MR) is 111 cm³/mol. The number of carbonyl (C=O) groups excluding carboxylic acids is 1. The van der Waals surface area contributed by atoms with E-state index in [2.05, 4.69) is 5.32 Å². The van der Waals surface area contributed by atoms with Gasteiger partial charge in [-0.2, -0.15) is 0 Å². The quantitative estimate of drug-likeness (QED) is 0.190. The number of carbonyl (C=O) groups is 1. The summed E-state index contributed by atoms with van der Waals surface area (Å²) in [6.45, 7) is 9.47. The highest BCUT2D eigenvalue weighted by molar-refractivity contribution is 5.72. The van der Waals surface area contributed by atoms with E-state index in [1.54, 1.807) is 0 Å². The molecule has 0 aromatic carbocycles. The molecule has 0 saturated heterocycles. The first kappa shape index (κ1) is 29.1.